The van der Waals surface area contributed by atoms with E-state index in [-0.39, 0.29) is 0 Å². The van der Waals surface area contributed by atoms with Crippen LogP contribution in [0.25, 0.3) is 76.5 Å². The first-order chi connectivity index (χ1) is 39.1. The van der Waals surface area contributed by atoms with Crippen LogP contribution in [0.4, 0.5) is 51.2 Å². The smallest absolute Gasteiger partial charge is 0.0468 e. The highest BCUT2D eigenvalue weighted by molar-refractivity contribution is 5.96. The van der Waals surface area contributed by atoms with E-state index in [9.17, 15) is 0 Å². The van der Waals surface area contributed by atoms with Crippen molar-refractivity contribution in [1.82, 2.24) is 0 Å². The molecule has 3 heteroatoms. The van der Waals surface area contributed by atoms with Crippen LogP contribution in [0.3, 0.4) is 0 Å². The molecular formula is C76H53N3. The fraction of sp³-hybridized carbons (Fsp3) is 0. The lowest BCUT2D eigenvalue weighted by atomic mass is 9.99. The van der Waals surface area contributed by atoms with Crippen molar-refractivity contribution < 1.29 is 0 Å². The number of hydrogen-bond acceptors (Lipinski definition) is 3. The normalized spacial score (nSPS) is 11.3. The van der Waals surface area contributed by atoms with Crippen molar-refractivity contribution in [2.45, 2.75) is 0 Å². The van der Waals surface area contributed by atoms with E-state index in [1.54, 1.807) is 0 Å². The lowest BCUT2D eigenvalue weighted by Gasteiger charge is -2.26. The zero-order chi connectivity index (χ0) is 52.5. The molecule has 372 valence electrons. The molecule has 0 aromatic heterocycles. The molecule has 0 saturated carbocycles. The van der Waals surface area contributed by atoms with Crippen molar-refractivity contribution in [2.75, 3.05) is 14.7 Å². The standard InChI is InChI=1S/C76H53N3/c1-4-14-54(15-5-1)57-28-38-70(39-29-57)77(71-40-30-58(31-41-71)62-24-26-66-52-75(46-36-64(66)48-62)78(68-20-6-2-7-21-68)73-44-34-55-16-10-12-18-60(55)50-73)72-42-32-59(33-43-72)63-25-27-67-53-76(47-37-65(67)49-63)79(69-22-8-3-9-23-69)74-45-35-56-17-11-13-19-61(56)51-74/h1-53H. The van der Waals surface area contributed by atoms with Crippen molar-refractivity contribution in [3.05, 3.63) is 322 Å². The summed E-state index contributed by atoms with van der Waals surface area (Å²) in [5, 5.41) is 9.67. The summed E-state index contributed by atoms with van der Waals surface area (Å²) in [6.07, 6.45) is 0. The minimum absolute atomic E-state index is 1.08. The molecule has 0 bridgehead atoms. The van der Waals surface area contributed by atoms with Crippen molar-refractivity contribution in [1.29, 1.82) is 0 Å². The highest BCUT2D eigenvalue weighted by Crippen LogP contribution is 2.42. The topological polar surface area (TPSA) is 9.72 Å². The monoisotopic (exact) mass is 1010 g/mol. The summed E-state index contributed by atoms with van der Waals surface area (Å²) < 4.78 is 0. The minimum atomic E-state index is 1.08. The van der Waals surface area contributed by atoms with Gasteiger partial charge in [0.1, 0.15) is 0 Å². The maximum atomic E-state index is 2.36. The number of benzene rings is 14. The number of para-hydroxylation sites is 2. The van der Waals surface area contributed by atoms with Gasteiger partial charge in [0.15, 0.2) is 0 Å². The van der Waals surface area contributed by atoms with E-state index in [4.69, 9.17) is 0 Å². The molecule has 0 heterocycles. The van der Waals surface area contributed by atoms with Crippen LogP contribution >= 0.6 is 0 Å². The number of rotatable bonds is 12. The van der Waals surface area contributed by atoms with Crippen molar-refractivity contribution in [2.24, 2.45) is 0 Å². The summed E-state index contributed by atoms with van der Waals surface area (Å²) >= 11 is 0. The average Bonchev–Trinajstić information content (AvgIpc) is 3.53. The molecule has 0 amide bonds. The Labute approximate surface area is 461 Å². The van der Waals surface area contributed by atoms with Gasteiger partial charge < -0.3 is 14.7 Å². The Bertz CT molecular complexity index is 4210. The quantitative estimate of drug-likeness (QED) is 0.121. The van der Waals surface area contributed by atoms with Crippen molar-refractivity contribution >= 4 is 94.3 Å². The molecule has 0 unspecified atom stereocenters. The van der Waals surface area contributed by atoms with E-state index in [0.717, 1.165) is 62.3 Å². The van der Waals surface area contributed by atoms with Gasteiger partial charge in [-0.15, -0.1) is 0 Å². The maximum Gasteiger partial charge on any atom is 0.0468 e. The number of hydrogen-bond donors (Lipinski definition) is 0. The van der Waals surface area contributed by atoms with Gasteiger partial charge in [0.05, 0.1) is 0 Å². The average molecular weight is 1010 g/mol. The molecule has 0 saturated heterocycles. The summed E-state index contributed by atoms with van der Waals surface area (Å²) in [6.45, 7) is 0. The molecule has 0 N–H and O–H groups in total. The second-order valence-electron chi connectivity index (χ2n) is 20.2. The Balaban J connectivity index is 0.761. The largest absolute Gasteiger partial charge is 0.311 e. The van der Waals surface area contributed by atoms with Crippen LogP contribution in [0, 0.1) is 0 Å². The van der Waals surface area contributed by atoms with Gasteiger partial charge >= 0.3 is 0 Å². The molecule has 0 aliphatic heterocycles. The Hall–Kier alpha value is -10.5. The Kier molecular flexibility index (Phi) is 12.2. The van der Waals surface area contributed by atoms with E-state index < -0.39 is 0 Å². The van der Waals surface area contributed by atoms with E-state index in [1.807, 2.05) is 0 Å². The molecule has 0 atom stereocenters. The lowest BCUT2D eigenvalue weighted by molar-refractivity contribution is 1.28. The van der Waals surface area contributed by atoms with Crippen LogP contribution in [0.2, 0.25) is 0 Å². The number of anilines is 9. The van der Waals surface area contributed by atoms with Gasteiger partial charge in [-0.05, 0) is 198 Å². The second kappa shape index (κ2) is 20.6. The molecule has 3 nitrogen and oxygen atoms in total. The Morgan fingerprint density at radius 2 is 0.342 bits per heavy atom. The minimum Gasteiger partial charge on any atom is -0.311 e. The predicted molar refractivity (Wildman–Crippen MR) is 337 cm³/mol. The third kappa shape index (κ3) is 9.41. The Morgan fingerprint density at radius 1 is 0.127 bits per heavy atom. The number of fused-ring (bicyclic) bond motifs is 4. The van der Waals surface area contributed by atoms with Gasteiger partial charge in [0, 0.05) is 51.2 Å². The van der Waals surface area contributed by atoms with Gasteiger partial charge in [-0.25, -0.2) is 0 Å². The Morgan fingerprint density at radius 3 is 0.722 bits per heavy atom. The summed E-state index contributed by atoms with van der Waals surface area (Å²) in [5.41, 5.74) is 17.0. The van der Waals surface area contributed by atoms with Gasteiger partial charge in [0.2, 0.25) is 0 Å². The van der Waals surface area contributed by atoms with E-state index in [1.165, 1.54) is 65.3 Å². The fourth-order valence-corrected chi connectivity index (χ4v) is 11.3. The van der Waals surface area contributed by atoms with Crippen LogP contribution in [0.1, 0.15) is 0 Å². The van der Waals surface area contributed by atoms with Gasteiger partial charge in [-0.2, -0.15) is 0 Å². The van der Waals surface area contributed by atoms with Crippen molar-refractivity contribution in [3.63, 3.8) is 0 Å². The van der Waals surface area contributed by atoms with Crippen LogP contribution in [0.15, 0.2) is 322 Å². The fourth-order valence-electron chi connectivity index (χ4n) is 11.3. The third-order valence-corrected chi connectivity index (χ3v) is 15.3. The summed E-state index contributed by atoms with van der Waals surface area (Å²) in [7, 11) is 0. The first-order valence-corrected chi connectivity index (χ1v) is 27.0. The lowest BCUT2D eigenvalue weighted by Crippen LogP contribution is -2.10. The van der Waals surface area contributed by atoms with Crippen LogP contribution in [-0.2, 0) is 0 Å². The van der Waals surface area contributed by atoms with E-state index in [2.05, 4.69) is 336 Å². The van der Waals surface area contributed by atoms with Crippen LogP contribution in [0.5, 0.6) is 0 Å². The summed E-state index contributed by atoms with van der Waals surface area (Å²) in [6, 6.07) is 117. The zero-order valence-corrected chi connectivity index (χ0v) is 43.4. The summed E-state index contributed by atoms with van der Waals surface area (Å²) in [4.78, 5) is 7.05. The first kappa shape index (κ1) is 47.0. The second-order valence-corrected chi connectivity index (χ2v) is 20.2. The molecule has 0 aliphatic carbocycles. The highest BCUT2D eigenvalue weighted by Gasteiger charge is 2.18. The maximum absolute atomic E-state index is 2.36. The molecule has 14 aromatic rings. The van der Waals surface area contributed by atoms with Gasteiger partial charge in [-0.3, -0.25) is 0 Å². The molecule has 0 aliphatic rings. The zero-order valence-electron chi connectivity index (χ0n) is 43.4. The van der Waals surface area contributed by atoms with Crippen LogP contribution in [-0.4, -0.2) is 0 Å². The number of nitrogens with zero attached hydrogens (tertiary/aromatic N) is 3. The van der Waals surface area contributed by atoms with Crippen molar-refractivity contribution in [3.8, 4) is 33.4 Å². The predicted octanol–water partition coefficient (Wildman–Crippen LogP) is 21.7. The van der Waals surface area contributed by atoms with Gasteiger partial charge in [0.25, 0.3) is 0 Å². The first-order valence-electron chi connectivity index (χ1n) is 27.0. The third-order valence-electron chi connectivity index (χ3n) is 15.3. The molecule has 0 spiro atoms. The van der Waals surface area contributed by atoms with Crippen LogP contribution < -0.4 is 14.7 Å². The SMILES string of the molecule is c1ccc(-c2ccc(N(c3ccc(-c4ccc5cc(N(c6ccccc6)c6ccc7ccccc7c6)ccc5c4)cc3)c3ccc(-c4ccc5cc(N(c6ccccc6)c6ccc7ccccc7c6)ccc5c4)cc3)cc2)cc1. The molecule has 79 heavy (non-hydrogen) atoms. The molecular weight excluding hydrogens is 955 g/mol. The van der Waals surface area contributed by atoms with E-state index >= 15 is 0 Å². The molecule has 14 rings (SSSR count). The van der Waals surface area contributed by atoms with Gasteiger partial charge in [-0.1, -0.05) is 200 Å². The summed E-state index contributed by atoms with van der Waals surface area (Å²) in [5.74, 6) is 0. The highest BCUT2D eigenvalue weighted by atomic mass is 15.2. The van der Waals surface area contributed by atoms with E-state index in [0.29, 0.717) is 0 Å². The molecule has 0 fully saturated rings. The molecule has 0 radical (unpaired) electrons. The molecule has 14 aromatic carbocycles.